The van der Waals surface area contributed by atoms with Gasteiger partial charge in [-0.05, 0) is 45.2 Å². The predicted octanol–water partition coefficient (Wildman–Crippen LogP) is 1.38. The maximum atomic E-state index is 9.64. The van der Waals surface area contributed by atoms with Crippen LogP contribution in [0.15, 0.2) is 0 Å². The van der Waals surface area contributed by atoms with Gasteiger partial charge in [-0.2, -0.15) is 0 Å². The topological polar surface area (TPSA) is 44.7 Å². The minimum Gasteiger partial charge on any atom is -0.394 e. The quantitative estimate of drug-likeness (QED) is 0.699. The summed E-state index contributed by atoms with van der Waals surface area (Å²) in [4.78, 5) is 2.55. The van der Waals surface area contributed by atoms with Gasteiger partial charge in [0, 0.05) is 18.6 Å². The average Bonchev–Trinajstić information content (AvgIpc) is 2.77. The van der Waals surface area contributed by atoms with E-state index in [1.54, 1.807) is 0 Å². The van der Waals surface area contributed by atoms with Gasteiger partial charge < -0.3 is 15.2 Å². The molecule has 3 unspecified atom stereocenters. The number of hydrogen-bond donors (Lipinski definition) is 2. The Morgan fingerprint density at radius 2 is 1.95 bits per heavy atom. The molecular weight excluding hydrogens is 240 g/mol. The summed E-state index contributed by atoms with van der Waals surface area (Å²) in [5.41, 5.74) is -0.0694. The number of morpholine rings is 1. The zero-order valence-electron chi connectivity index (χ0n) is 12.5. The van der Waals surface area contributed by atoms with Gasteiger partial charge in [0.1, 0.15) is 0 Å². The van der Waals surface area contributed by atoms with E-state index in [0.29, 0.717) is 12.2 Å². The van der Waals surface area contributed by atoms with E-state index in [1.807, 2.05) is 0 Å². The molecule has 4 heteroatoms. The van der Waals surface area contributed by atoms with Crippen LogP contribution in [0.2, 0.25) is 0 Å². The first-order valence-electron chi connectivity index (χ1n) is 7.95. The van der Waals surface area contributed by atoms with Crippen molar-refractivity contribution in [3.05, 3.63) is 0 Å². The molecule has 2 aliphatic rings. The second-order valence-corrected chi connectivity index (χ2v) is 6.14. The summed E-state index contributed by atoms with van der Waals surface area (Å²) in [5.74, 6) is 0. The van der Waals surface area contributed by atoms with Crippen molar-refractivity contribution < 1.29 is 9.84 Å². The highest BCUT2D eigenvalue weighted by molar-refractivity contribution is 4.88. The lowest BCUT2D eigenvalue weighted by molar-refractivity contribution is -0.0392. The molecule has 2 heterocycles. The molecule has 2 aliphatic heterocycles. The second kappa shape index (κ2) is 7.02. The molecule has 2 N–H and O–H groups in total. The summed E-state index contributed by atoms with van der Waals surface area (Å²) >= 11 is 0. The normalized spacial score (nSPS) is 30.5. The summed E-state index contributed by atoms with van der Waals surface area (Å²) in [5, 5.41) is 13.1. The zero-order chi connectivity index (χ0) is 13.7. The number of nitrogens with zero attached hydrogens (tertiary/aromatic N) is 1. The smallest absolute Gasteiger partial charge is 0.0707 e. The van der Waals surface area contributed by atoms with Crippen LogP contribution in [0.1, 0.15) is 46.0 Å². The fourth-order valence-corrected chi connectivity index (χ4v) is 3.53. The number of likely N-dealkylation sites (tertiary alicyclic amines) is 1. The van der Waals surface area contributed by atoms with Crippen LogP contribution in [0.3, 0.4) is 0 Å². The van der Waals surface area contributed by atoms with E-state index in [0.717, 1.165) is 45.4 Å². The summed E-state index contributed by atoms with van der Waals surface area (Å²) in [6, 6.07) is 0. The fourth-order valence-electron chi connectivity index (χ4n) is 3.53. The van der Waals surface area contributed by atoms with Crippen LogP contribution in [0, 0.1) is 0 Å². The van der Waals surface area contributed by atoms with Crippen LogP contribution in [-0.4, -0.2) is 60.5 Å². The molecule has 3 atom stereocenters. The number of fused-ring (bicyclic) bond motifs is 2. The predicted molar refractivity (Wildman–Crippen MR) is 77.4 cm³/mol. The molecule has 0 aliphatic carbocycles. The summed E-state index contributed by atoms with van der Waals surface area (Å²) < 4.78 is 5.86. The van der Waals surface area contributed by atoms with Crippen LogP contribution in [0.4, 0.5) is 0 Å². The molecule has 0 spiro atoms. The third-order valence-corrected chi connectivity index (χ3v) is 4.78. The van der Waals surface area contributed by atoms with Crippen LogP contribution >= 0.6 is 0 Å². The average molecular weight is 270 g/mol. The van der Waals surface area contributed by atoms with Crippen LogP contribution in [-0.2, 0) is 4.74 Å². The van der Waals surface area contributed by atoms with Gasteiger partial charge in [-0.25, -0.2) is 0 Å². The Labute approximate surface area is 117 Å². The van der Waals surface area contributed by atoms with Crippen molar-refractivity contribution >= 4 is 0 Å². The Morgan fingerprint density at radius 1 is 1.26 bits per heavy atom. The van der Waals surface area contributed by atoms with E-state index in [1.165, 1.54) is 12.8 Å². The zero-order valence-corrected chi connectivity index (χ0v) is 12.5. The number of rotatable bonds is 8. The lowest BCUT2D eigenvalue weighted by Gasteiger charge is -2.35. The molecule has 0 aromatic carbocycles. The first-order chi connectivity index (χ1) is 9.21. The molecule has 4 nitrogen and oxygen atoms in total. The molecule has 2 bridgehead atoms. The van der Waals surface area contributed by atoms with Gasteiger partial charge in [-0.1, -0.05) is 13.8 Å². The van der Waals surface area contributed by atoms with Crippen molar-refractivity contribution in [2.75, 3.05) is 32.8 Å². The Bertz CT molecular complexity index is 257. The van der Waals surface area contributed by atoms with E-state index < -0.39 is 0 Å². The summed E-state index contributed by atoms with van der Waals surface area (Å²) in [6.45, 7) is 8.80. The Balaban J connectivity index is 1.72. The van der Waals surface area contributed by atoms with E-state index >= 15 is 0 Å². The number of likely N-dealkylation sites (N-methyl/N-ethyl adjacent to an activating group) is 1. The summed E-state index contributed by atoms with van der Waals surface area (Å²) in [6.07, 6.45) is 6.66. The minimum absolute atomic E-state index is 0.0694. The maximum absolute atomic E-state index is 9.64. The number of ether oxygens (including phenoxy) is 1. The highest BCUT2D eigenvalue weighted by Gasteiger charge is 2.33. The molecule has 2 fully saturated rings. The fraction of sp³-hybridized carbons (Fsp3) is 1.00. The molecule has 112 valence electrons. The molecule has 0 aromatic rings. The van der Waals surface area contributed by atoms with Gasteiger partial charge in [-0.3, -0.25) is 4.90 Å². The largest absolute Gasteiger partial charge is 0.394 e. The maximum Gasteiger partial charge on any atom is 0.0707 e. The SMILES string of the molecule is CCNC(CC)(CO)CCCN1CC2CCC(C1)O2. The molecule has 0 saturated carbocycles. The Morgan fingerprint density at radius 3 is 2.47 bits per heavy atom. The third-order valence-electron chi connectivity index (χ3n) is 4.78. The lowest BCUT2D eigenvalue weighted by atomic mass is 9.91. The molecule has 0 amide bonds. The van der Waals surface area contributed by atoms with Crippen LogP contribution in [0.5, 0.6) is 0 Å². The molecular formula is C15H30N2O2. The Hall–Kier alpha value is -0.160. The van der Waals surface area contributed by atoms with Crippen LogP contribution < -0.4 is 5.32 Å². The van der Waals surface area contributed by atoms with Gasteiger partial charge >= 0.3 is 0 Å². The third kappa shape index (κ3) is 3.91. The van der Waals surface area contributed by atoms with Gasteiger partial charge in [0.15, 0.2) is 0 Å². The van der Waals surface area contributed by atoms with Crippen molar-refractivity contribution in [2.24, 2.45) is 0 Å². The number of nitrogens with one attached hydrogen (secondary N) is 1. The highest BCUT2D eigenvalue weighted by Crippen LogP contribution is 2.26. The van der Waals surface area contributed by atoms with E-state index in [2.05, 4.69) is 24.1 Å². The summed E-state index contributed by atoms with van der Waals surface area (Å²) in [7, 11) is 0. The van der Waals surface area contributed by atoms with Crippen molar-refractivity contribution in [3.8, 4) is 0 Å². The molecule has 2 saturated heterocycles. The first kappa shape index (κ1) is 15.2. The number of aliphatic hydroxyl groups excluding tert-OH is 1. The number of aliphatic hydroxyl groups is 1. The number of hydrogen-bond acceptors (Lipinski definition) is 4. The molecule has 19 heavy (non-hydrogen) atoms. The van der Waals surface area contributed by atoms with Gasteiger partial charge in [0.25, 0.3) is 0 Å². The molecule has 0 aromatic heterocycles. The van der Waals surface area contributed by atoms with Crippen molar-refractivity contribution in [1.29, 1.82) is 0 Å². The lowest BCUT2D eigenvalue weighted by Crippen LogP contribution is -2.49. The highest BCUT2D eigenvalue weighted by atomic mass is 16.5. The first-order valence-corrected chi connectivity index (χ1v) is 7.95. The van der Waals surface area contributed by atoms with E-state index in [4.69, 9.17) is 4.74 Å². The Kier molecular flexibility index (Phi) is 5.63. The van der Waals surface area contributed by atoms with Crippen molar-refractivity contribution in [3.63, 3.8) is 0 Å². The monoisotopic (exact) mass is 270 g/mol. The second-order valence-electron chi connectivity index (χ2n) is 6.14. The van der Waals surface area contributed by atoms with Crippen molar-refractivity contribution in [2.45, 2.75) is 63.7 Å². The molecule has 2 rings (SSSR count). The van der Waals surface area contributed by atoms with Gasteiger partial charge in [0.2, 0.25) is 0 Å². The van der Waals surface area contributed by atoms with E-state index in [-0.39, 0.29) is 12.1 Å². The standard InChI is InChI=1S/C15H30N2O2/c1-3-15(12-18,16-4-2)8-5-9-17-10-13-6-7-14(11-17)19-13/h13-14,16,18H,3-12H2,1-2H3. The van der Waals surface area contributed by atoms with Gasteiger partial charge in [0.05, 0.1) is 18.8 Å². The molecule has 0 radical (unpaired) electrons. The van der Waals surface area contributed by atoms with Crippen LogP contribution in [0.25, 0.3) is 0 Å². The van der Waals surface area contributed by atoms with Gasteiger partial charge in [-0.15, -0.1) is 0 Å². The van der Waals surface area contributed by atoms with E-state index in [9.17, 15) is 5.11 Å². The minimum atomic E-state index is -0.0694. The van der Waals surface area contributed by atoms with Crippen molar-refractivity contribution in [1.82, 2.24) is 10.2 Å².